The van der Waals surface area contributed by atoms with E-state index in [9.17, 15) is 0 Å². The van der Waals surface area contributed by atoms with E-state index in [0.717, 1.165) is 57.4 Å². The van der Waals surface area contributed by atoms with Crippen LogP contribution in [-0.2, 0) is 11.3 Å². The van der Waals surface area contributed by atoms with Crippen LogP contribution in [0.1, 0.15) is 44.1 Å². The minimum absolute atomic E-state index is 0. The zero-order chi connectivity index (χ0) is 21.0. The maximum atomic E-state index is 5.80. The molecular weight excluding hydrogens is 491 g/mol. The van der Waals surface area contributed by atoms with Crippen LogP contribution in [0.25, 0.3) is 0 Å². The average molecular weight is 533 g/mol. The molecule has 0 amide bonds. The molecule has 7 heteroatoms. The molecule has 2 rings (SSSR count). The molecule has 0 radical (unpaired) electrons. The van der Waals surface area contributed by atoms with Crippen molar-refractivity contribution in [2.75, 3.05) is 54.6 Å². The largest absolute Gasteiger partial charge is 0.494 e. The number of ether oxygens (including phenoxy) is 2. The minimum Gasteiger partial charge on any atom is -0.494 e. The second kappa shape index (κ2) is 14.9. The second-order valence-electron chi connectivity index (χ2n) is 8.38. The molecular formula is C23H41IN4O2. The van der Waals surface area contributed by atoms with E-state index < -0.39 is 0 Å². The van der Waals surface area contributed by atoms with Gasteiger partial charge in [-0.3, -0.25) is 4.99 Å². The van der Waals surface area contributed by atoms with Crippen LogP contribution in [0.2, 0.25) is 0 Å². The van der Waals surface area contributed by atoms with Gasteiger partial charge in [0.05, 0.1) is 6.61 Å². The summed E-state index contributed by atoms with van der Waals surface area (Å²) < 4.78 is 11.1. The number of guanidine groups is 1. The quantitative estimate of drug-likeness (QED) is 0.185. The number of nitrogens with zero attached hydrogens (tertiary/aromatic N) is 2. The molecule has 0 aromatic heterocycles. The number of hydrogen-bond donors (Lipinski definition) is 2. The molecule has 1 aliphatic carbocycles. The molecule has 6 nitrogen and oxygen atoms in total. The van der Waals surface area contributed by atoms with Gasteiger partial charge in [-0.15, -0.1) is 24.0 Å². The van der Waals surface area contributed by atoms with Crippen molar-refractivity contribution in [2.45, 2.75) is 45.1 Å². The number of rotatable bonds is 12. The van der Waals surface area contributed by atoms with E-state index in [1.54, 1.807) is 7.11 Å². The Morgan fingerprint density at radius 3 is 2.40 bits per heavy atom. The van der Waals surface area contributed by atoms with Gasteiger partial charge in [-0.2, -0.15) is 0 Å². The van der Waals surface area contributed by atoms with E-state index in [4.69, 9.17) is 9.47 Å². The second-order valence-corrected chi connectivity index (χ2v) is 8.38. The number of nitrogens with one attached hydrogen (secondary N) is 2. The smallest absolute Gasteiger partial charge is 0.191 e. The zero-order valence-corrected chi connectivity index (χ0v) is 21.5. The monoisotopic (exact) mass is 532 g/mol. The maximum Gasteiger partial charge on any atom is 0.191 e. The van der Waals surface area contributed by atoms with E-state index in [0.29, 0.717) is 5.41 Å². The molecule has 172 valence electrons. The highest BCUT2D eigenvalue weighted by Crippen LogP contribution is 2.40. The van der Waals surface area contributed by atoms with Gasteiger partial charge in [0.2, 0.25) is 0 Å². The Kier molecular flexibility index (Phi) is 13.4. The predicted octanol–water partition coefficient (Wildman–Crippen LogP) is 3.90. The SMILES string of the molecule is CN=C(NCc1ccc(OCCCN(C)C)cc1)NCC1(CCOC)CCCC1.I. The van der Waals surface area contributed by atoms with Crippen LogP contribution in [0.15, 0.2) is 29.3 Å². The predicted molar refractivity (Wildman–Crippen MR) is 136 cm³/mol. The summed E-state index contributed by atoms with van der Waals surface area (Å²) >= 11 is 0. The lowest BCUT2D eigenvalue weighted by molar-refractivity contribution is 0.138. The Morgan fingerprint density at radius 1 is 1.10 bits per heavy atom. The topological polar surface area (TPSA) is 58.1 Å². The Labute approximate surface area is 200 Å². The fourth-order valence-electron chi connectivity index (χ4n) is 3.91. The summed E-state index contributed by atoms with van der Waals surface area (Å²) in [5, 5.41) is 6.97. The van der Waals surface area contributed by atoms with Crippen molar-refractivity contribution >= 4 is 29.9 Å². The molecule has 0 bridgehead atoms. The average Bonchev–Trinajstić information content (AvgIpc) is 3.20. The van der Waals surface area contributed by atoms with Crippen molar-refractivity contribution in [1.82, 2.24) is 15.5 Å². The fourth-order valence-corrected chi connectivity index (χ4v) is 3.91. The van der Waals surface area contributed by atoms with Crippen LogP contribution in [0, 0.1) is 5.41 Å². The lowest BCUT2D eigenvalue weighted by Gasteiger charge is -2.30. The van der Waals surface area contributed by atoms with Gasteiger partial charge < -0.3 is 25.0 Å². The van der Waals surface area contributed by atoms with Gasteiger partial charge in [0, 0.05) is 40.4 Å². The highest BCUT2D eigenvalue weighted by atomic mass is 127. The normalized spacial score (nSPS) is 15.7. The molecule has 0 atom stereocenters. The molecule has 0 aliphatic heterocycles. The molecule has 0 unspecified atom stereocenters. The summed E-state index contributed by atoms with van der Waals surface area (Å²) in [5.41, 5.74) is 1.56. The number of hydrogen-bond acceptors (Lipinski definition) is 4. The molecule has 1 fully saturated rings. The first-order valence-electron chi connectivity index (χ1n) is 10.9. The Balaban J connectivity index is 0.00000450. The third-order valence-electron chi connectivity index (χ3n) is 5.76. The molecule has 1 aromatic rings. The first-order valence-corrected chi connectivity index (χ1v) is 10.9. The van der Waals surface area contributed by atoms with Gasteiger partial charge in [0.1, 0.15) is 5.75 Å². The number of methoxy groups -OCH3 is 1. The standard InChI is InChI=1S/C23H40N4O2.HI/c1-24-22(26-19-23(14-17-28-4)12-5-6-13-23)25-18-20-8-10-21(11-9-20)29-16-7-15-27(2)3;/h8-11H,5-7,12-19H2,1-4H3,(H2,24,25,26);1H. The van der Waals surface area contributed by atoms with E-state index in [2.05, 4.69) is 46.8 Å². The lowest BCUT2D eigenvalue weighted by Crippen LogP contribution is -2.43. The first kappa shape index (κ1) is 27.0. The van der Waals surface area contributed by atoms with Crippen LogP contribution in [0.5, 0.6) is 5.75 Å². The highest BCUT2D eigenvalue weighted by molar-refractivity contribution is 14.0. The lowest BCUT2D eigenvalue weighted by atomic mass is 9.83. The van der Waals surface area contributed by atoms with Crippen molar-refractivity contribution < 1.29 is 9.47 Å². The van der Waals surface area contributed by atoms with Crippen LogP contribution in [0.4, 0.5) is 0 Å². The Bertz CT molecular complexity index is 602. The van der Waals surface area contributed by atoms with E-state index in [1.807, 2.05) is 19.2 Å². The van der Waals surface area contributed by atoms with Crippen LogP contribution in [-0.4, -0.2) is 65.4 Å². The van der Waals surface area contributed by atoms with Crippen molar-refractivity contribution in [3.8, 4) is 5.75 Å². The number of benzene rings is 1. The molecule has 30 heavy (non-hydrogen) atoms. The van der Waals surface area contributed by atoms with Gasteiger partial charge in [-0.1, -0.05) is 25.0 Å². The van der Waals surface area contributed by atoms with Gasteiger partial charge in [0.15, 0.2) is 5.96 Å². The minimum atomic E-state index is 0. The van der Waals surface area contributed by atoms with Gasteiger partial charge in [-0.05, 0) is 62.9 Å². The summed E-state index contributed by atoms with van der Waals surface area (Å²) in [5.74, 6) is 1.79. The third kappa shape index (κ3) is 9.83. The van der Waals surface area contributed by atoms with Crippen molar-refractivity contribution in [3.05, 3.63) is 29.8 Å². The van der Waals surface area contributed by atoms with Gasteiger partial charge in [-0.25, -0.2) is 0 Å². The first-order chi connectivity index (χ1) is 14.1. The van der Waals surface area contributed by atoms with Crippen LogP contribution >= 0.6 is 24.0 Å². The fraction of sp³-hybridized carbons (Fsp3) is 0.696. The van der Waals surface area contributed by atoms with Crippen LogP contribution < -0.4 is 15.4 Å². The molecule has 1 aromatic carbocycles. The zero-order valence-electron chi connectivity index (χ0n) is 19.2. The van der Waals surface area contributed by atoms with E-state index in [-0.39, 0.29) is 24.0 Å². The molecule has 0 saturated heterocycles. The Morgan fingerprint density at radius 2 is 1.80 bits per heavy atom. The molecule has 0 spiro atoms. The van der Waals surface area contributed by atoms with Crippen molar-refractivity contribution in [3.63, 3.8) is 0 Å². The van der Waals surface area contributed by atoms with Crippen molar-refractivity contribution in [2.24, 2.45) is 10.4 Å². The van der Waals surface area contributed by atoms with E-state index >= 15 is 0 Å². The number of aliphatic imine (C=N–C) groups is 1. The third-order valence-corrected chi connectivity index (χ3v) is 5.76. The summed E-state index contributed by atoms with van der Waals surface area (Å²) in [4.78, 5) is 6.56. The summed E-state index contributed by atoms with van der Waals surface area (Å²) in [6.07, 6.45) is 7.34. The summed E-state index contributed by atoms with van der Waals surface area (Å²) in [6, 6.07) is 8.31. The highest BCUT2D eigenvalue weighted by Gasteiger charge is 2.33. The number of halogens is 1. The molecule has 0 heterocycles. The molecule has 2 N–H and O–H groups in total. The van der Waals surface area contributed by atoms with E-state index in [1.165, 1.54) is 31.2 Å². The molecule has 1 saturated carbocycles. The summed E-state index contributed by atoms with van der Waals surface area (Å²) in [7, 11) is 7.78. The molecule has 1 aliphatic rings. The van der Waals surface area contributed by atoms with Crippen molar-refractivity contribution in [1.29, 1.82) is 0 Å². The van der Waals surface area contributed by atoms with Gasteiger partial charge in [0.25, 0.3) is 0 Å². The van der Waals surface area contributed by atoms with Crippen LogP contribution in [0.3, 0.4) is 0 Å². The maximum absolute atomic E-state index is 5.80. The summed E-state index contributed by atoms with van der Waals surface area (Å²) in [6.45, 7) is 4.32. The van der Waals surface area contributed by atoms with Gasteiger partial charge >= 0.3 is 0 Å². The Hall–Kier alpha value is -1.06.